The first kappa shape index (κ1) is 18.3. The normalized spacial score (nSPS) is 19.2. The predicted octanol–water partition coefficient (Wildman–Crippen LogP) is 1.95. The molecular formula is C15H29F2N3O. The zero-order chi connectivity index (χ0) is 15.8. The molecule has 0 unspecified atom stereocenters. The number of hydrogen-bond donors (Lipinski definition) is 1. The fourth-order valence-corrected chi connectivity index (χ4v) is 3.03. The maximum absolute atomic E-state index is 12.4. The van der Waals surface area contributed by atoms with Crippen LogP contribution in [0, 0.1) is 0 Å². The van der Waals surface area contributed by atoms with Crippen LogP contribution in [0.25, 0.3) is 0 Å². The van der Waals surface area contributed by atoms with Crippen molar-refractivity contribution in [3.05, 3.63) is 0 Å². The molecule has 1 N–H and O–H groups in total. The van der Waals surface area contributed by atoms with E-state index in [-0.39, 0.29) is 24.5 Å². The summed E-state index contributed by atoms with van der Waals surface area (Å²) >= 11 is 0. The van der Waals surface area contributed by atoms with Gasteiger partial charge in [0.15, 0.2) is 0 Å². The Labute approximate surface area is 126 Å². The molecule has 1 aliphatic heterocycles. The van der Waals surface area contributed by atoms with E-state index < -0.39 is 6.43 Å². The summed E-state index contributed by atoms with van der Waals surface area (Å²) in [5, 5.41) is 3.10. The zero-order valence-corrected chi connectivity index (χ0v) is 13.4. The van der Waals surface area contributed by atoms with Gasteiger partial charge in [-0.25, -0.2) is 8.78 Å². The van der Waals surface area contributed by atoms with Gasteiger partial charge in [-0.1, -0.05) is 20.8 Å². The smallest absolute Gasteiger partial charge is 0.251 e. The zero-order valence-electron chi connectivity index (χ0n) is 13.4. The Hall–Kier alpha value is -0.750. The third kappa shape index (κ3) is 5.87. The summed E-state index contributed by atoms with van der Waals surface area (Å²) in [5.74, 6) is 0.0773. The molecule has 0 saturated carbocycles. The van der Waals surface area contributed by atoms with Crippen molar-refractivity contribution in [3.63, 3.8) is 0 Å². The number of likely N-dealkylation sites (tertiary alicyclic amines) is 1. The average molecular weight is 305 g/mol. The van der Waals surface area contributed by atoms with Gasteiger partial charge in [0.2, 0.25) is 5.91 Å². The molecule has 124 valence electrons. The summed E-state index contributed by atoms with van der Waals surface area (Å²) in [6.45, 7) is 8.97. The van der Waals surface area contributed by atoms with Crippen LogP contribution in [0.2, 0.25) is 0 Å². The topological polar surface area (TPSA) is 35.6 Å². The van der Waals surface area contributed by atoms with Gasteiger partial charge in [-0.2, -0.15) is 0 Å². The number of likely N-dealkylation sites (N-methyl/N-ethyl adjacent to an activating group) is 1. The SMILES string of the molecule is CC[C@@H](C(=O)NC1CCN(CC(F)F)CC1)N(CC)CC. The lowest BCUT2D eigenvalue weighted by molar-refractivity contribution is -0.127. The number of carbonyl (C=O) groups is 1. The highest BCUT2D eigenvalue weighted by Gasteiger charge is 2.27. The minimum atomic E-state index is -2.27. The molecule has 1 saturated heterocycles. The molecule has 0 radical (unpaired) electrons. The van der Waals surface area contributed by atoms with Gasteiger partial charge in [0, 0.05) is 19.1 Å². The highest BCUT2D eigenvalue weighted by atomic mass is 19.3. The average Bonchev–Trinajstić information content (AvgIpc) is 2.45. The van der Waals surface area contributed by atoms with Crippen molar-refractivity contribution in [3.8, 4) is 0 Å². The molecule has 21 heavy (non-hydrogen) atoms. The molecule has 1 fully saturated rings. The van der Waals surface area contributed by atoms with E-state index in [9.17, 15) is 13.6 Å². The molecule has 0 aliphatic carbocycles. The third-order valence-electron chi connectivity index (χ3n) is 4.27. The highest BCUT2D eigenvalue weighted by Crippen LogP contribution is 2.13. The van der Waals surface area contributed by atoms with Crippen LogP contribution in [-0.4, -0.2) is 66.9 Å². The van der Waals surface area contributed by atoms with Crippen LogP contribution in [0.3, 0.4) is 0 Å². The highest BCUT2D eigenvalue weighted by molar-refractivity contribution is 5.82. The van der Waals surface area contributed by atoms with Gasteiger partial charge >= 0.3 is 0 Å². The van der Waals surface area contributed by atoms with Gasteiger partial charge in [0.1, 0.15) is 0 Å². The minimum absolute atomic E-state index is 0.0773. The number of carbonyl (C=O) groups excluding carboxylic acids is 1. The van der Waals surface area contributed by atoms with Crippen LogP contribution in [0.15, 0.2) is 0 Å². The first-order chi connectivity index (χ1) is 10.0. The van der Waals surface area contributed by atoms with Crippen LogP contribution in [0.5, 0.6) is 0 Å². The molecular weight excluding hydrogens is 276 g/mol. The van der Waals surface area contributed by atoms with E-state index in [1.165, 1.54) is 0 Å². The molecule has 1 atom stereocenters. The second-order valence-electron chi connectivity index (χ2n) is 5.62. The maximum Gasteiger partial charge on any atom is 0.251 e. The molecule has 0 bridgehead atoms. The van der Waals surface area contributed by atoms with Crippen molar-refractivity contribution in [1.82, 2.24) is 15.1 Å². The van der Waals surface area contributed by atoms with E-state index in [1.807, 2.05) is 6.92 Å². The molecule has 1 heterocycles. The van der Waals surface area contributed by atoms with E-state index in [4.69, 9.17) is 0 Å². The van der Waals surface area contributed by atoms with E-state index in [1.54, 1.807) is 4.90 Å². The van der Waals surface area contributed by atoms with Gasteiger partial charge in [0.05, 0.1) is 12.6 Å². The Bertz CT molecular complexity index is 303. The van der Waals surface area contributed by atoms with E-state index in [2.05, 4.69) is 24.1 Å². The Morgan fingerprint density at radius 1 is 1.24 bits per heavy atom. The Morgan fingerprint density at radius 2 is 1.81 bits per heavy atom. The van der Waals surface area contributed by atoms with Crippen molar-refractivity contribution >= 4 is 5.91 Å². The second kappa shape index (κ2) is 9.30. The summed E-state index contributed by atoms with van der Waals surface area (Å²) in [6.07, 6.45) is 0.0289. The maximum atomic E-state index is 12.4. The van der Waals surface area contributed by atoms with Crippen LogP contribution in [0.4, 0.5) is 8.78 Å². The van der Waals surface area contributed by atoms with Gasteiger partial charge in [-0.3, -0.25) is 14.6 Å². The predicted molar refractivity (Wildman–Crippen MR) is 80.6 cm³/mol. The second-order valence-corrected chi connectivity index (χ2v) is 5.62. The first-order valence-corrected chi connectivity index (χ1v) is 8.06. The van der Waals surface area contributed by atoms with Crippen LogP contribution < -0.4 is 5.32 Å². The number of piperidine rings is 1. The fraction of sp³-hybridized carbons (Fsp3) is 0.933. The number of amides is 1. The largest absolute Gasteiger partial charge is 0.352 e. The molecule has 6 heteroatoms. The van der Waals surface area contributed by atoms with Crippen LogP contribution in [0.1, 0.15) is 40.0 Å². The third-order valence-corrected chi connectivity index (χ3v) is 4.27. The van der Waals surface area contributed by atoms with E-state index in [0.29, 0.717) is 13.1 Å². The standard InChI is InChI=1S/C15H29F2N3O/c1-4-13(20(5-2)6-3)15(21)18-12-7-9-19(10-8-12)11-14(16)17/h12-14H,4-11H2,1-3H3,(H,18,21)/t13-/m0/s1. The van der Waals surface area contributed by atoms with Crippen molar-refractivity contribution in [2.24, 2.45) is 0 Å². The van der Waals surface area contributed by atoms with Crippen molar-refractivity contribution in [1.29, 1.82) is 0 Å². The molecule has 1 amide bonds. The lowest BCUT2D eigenvalue weighted by Crippen LogP contribution is -2.52. The molecule has 0 aromatic rings. The van der Waals surface area contributed by atoms with Gasteiger partial charge in [0.25, 0.3) is 6.43 Å². The van der Waals surface area contributed by atoms with Gasteiger partial charge < -0.3 is 5.32 Å². The van der Waals surface area contributed by atoms with Gasteiger partial charge in [-0.15, -0.1) is 0 Å². The lowest BCUT2D eigenvalue weighted by Gasteiger charge is -2.34. The Morgan fingerprint density at radius 3 is 2.24 bits per heavy atom. The van der Waals surface area contributed by atoms with Crippen molar-refractivity contribution in [2.45, 2.75) is 58.5 Å². The fourth-order valence-electron chi connectivity index (χ4n) is 3.03. The lowest BCUT2D eigenvalue weighted by atomic mass is 10.0. The molecule has 0 aromatic carbocycles. The number of nitrogens with one attached hydrogen (secondary N) is 1. The van der Waals surface area contributed by atoms with E-state index >= 15 is 0 Å². The quantitative estimate of drug-likeness (QED) is 0.744. The van der Waals surface area contributed by atoms with Crippen molar-refractivity contribution < 1.29 is 13.6 Å². The Balaban J connectivity index is 2.41. The molecule has 4 nitrogen and oxygen atoms in total. The monoisotopic (exact) mass is 305 g/mol. The summed E-state index contributed by atoms with van der Waals surface area (Å²) < 4.78 is 24.7. The van der Waals surface area contributed by atoms with Crippen LogP contribution in [-0.2, 0) is 4.79 Å². The molecule has 0 aromatic heterocycles. The Kier molecular flexibility index (Phi) is 8.11. The summed E-state index contributed by atoms with van der Waals surface area (Å²) in [6, 6.07) is 0.0372. The number of alkyl halides is 2. The number of halogens is 2. The number of rotatable bonds is 8. The molecule has 1 rings (SSSR count). The molecule has 1 aliphatic rings. The number of nitrogens with zero attached hydrogens (tertiary/aromatic N) is 2. The minimum Gasteiger partial charge on any atom is -0.352 e. The summed E-state index contributed by atoms with van der Waals surface area (Å²) in [5.41, 5.74) is 0. The van der Waals surface area contributed by atoms with E-state index in [0.717, 1.165) is 32.4 Å². The van der Waals surface area contributed by atoms with Gasteiger partial charge in [-0.05, 0) is 32.4 Å². The van der Waals surface area contributed by atoms with Crippen LogP contribution >= 0.6 is 0 Å². The van der Waals surface area contributed by atoms with Crippen molar-refractivity contribution in [2.75, 3.05) is 32.7 Å². The summed E-state index contributed by atoms with van der Waals surface area (Å²) in [7, 11) is 0. The molecule has 0 spiro atoms. The first-order valence-electron chi connectivity index (χ1n) is 8.06. The summed E-state index contributed by atoms with van der Waals surface area (Å²) in [4.78, 5) is 16.3. The number of hydrogen-bond acceptors (Lipinski definition) is 3.